The number of benzene rings is 2. The molecule has 3 rings (SSSR count). The van der Waals surface area contributed by atoms with Crippen molar-refractivity contribution in [2.45, 2.75) is 70.2 Å². The van der Waals surface area contributed by atoms with Gasteiger partial charge >= 0.3 is 12.1 Å². The van der Waals surface area contributed by atoms with Gasteiger partial charge < -0.3 is 9.47 Å². The van der Waals surface area contributed by atoms with Gasteiger partial charge in [-0.1, -0.05) is 6.07 Å². The molecule has 0 bridgehead atoms. The summed E-state index contributed by atoms with van der Waals surface area (Å²) in [5.41, 5.74) is -3.18. The molecule has 12 heteroatoms. The first-order chi connectivity index (χ1) is 17.4. The minimum Gasteiger partial charge on any atom is -0.486 e. The van der Waals surface area contributed by atoms with Gasteiger partial charge in [0, 0.05) is 6.42 Å². The van der Waals surface area contributed by atoms with Crippen molar-refractivity contribution in [1.29, 1.82) is 5.26 Å². The van der Waals surface area contributed by atoms with Crippen LogP contribution in [0, 0.1) is 29.5 Å². The van der Waals surface area contributed by atoms with Gasteiger partial charge in [-0.3, -0.25) is 9.10 Å². The van der Waals surface area contributed by atoms with Gasteiger partial charge in [0.1, 0.15) is 17.7 Å². The number of sulfonamides is 1. The average Bonchev–Trinajstić information content (AvgIpc) is 2.79. The lowest BCUT2D eigenvalue weighted by Gasteiger charge is -2.37. The van der Waals surface area contributed by atoms with E-state index in [-0.39, 0.29) is 40.4 Å². The number of fused-ring (bicyclic) bond motifs is 1. The van der Waals surface area contributed by atoms with E-state index in [1.54, 1.807) is 13.8 Å². The molecule has 0 amide bonds. The minimum absolute atomic E-state index is 0.0540. The predicted octanol–water partition coefficient (Wildman–Crippen LogP) is 5.46. The average molecular weight is 557 g/mol. The largest absolute Gasteiger partial charge is 0.486 e. The zero-order chi connectivity index (χ0) is 28.7. The third kappa shape index (κ3) is 6.20. The van der Waals surface area contributed by atoms with Crippen molar-refractivity contribution >= 4 is 21.7 Å². The lowest BCUT2D eigenvalue weighted by Crippen LogP contribution is -2.45. The van der Waals surface area contributed by atoms with E-state index in [2.05, 4.69) is 10.8 Å². The molecule has 1 aliphatic heterocycles. The number of alkyl halides is 3. The highest BCUT2D eigenvalue weighted by molar-refractivity contribution is 7.92. The fourth-order valence-electron chi connectivity index (χ4n) is 3.87. The molecule has 2 aromatic rings. The van der Waals surface area contributed by atoms with Crippen LogP contribution in [-0.2, 0) is 26.0 Å². The van der Waals surface area contributed by atoms with Crippen molar-refractivity contribution in [2.24, 2.45) is 5.41 Å². The topological polar surface area (TPSA) is 96.7 Å². The molecule has 1 atom stereocenters. The Morgan fingerprint density at radius 1 is 1.16 bits per heavy atom. The molecule has 1 heterocycles. The first-order valence-corrected chi connectivity index (χ1v) is 13.1. The molecule has 0 radical (unpaired) electrons. The third-order valence-corrected chi connectivity index (χ3v) is 7.89. The van der Waals surface area contributed by atoms with E-state index in [9.17, 15) is 36.0 Å². The fourth-order valence-corrected chi connectivity index (χ4v) is 5.45. The van der Waals surface area contributed by atoms with Gasteiger partial charge in [0.15, 0.2) is 0 Å². The molecular weight excluding hydrogens is 528 g/mol. The summed E-state index contributed by atoms with van der Waals surface area (Å²) in [7, 11) is -4.26. The van der Waals surface area contributed by atoms with Crippen molar-refractivity contribution in [1.82, 2.24) is 0 Å². The molecule has 7 nitrogen and oxygen atoms in total. The minimum atomic E-state index is -4.78. The Hall–Kier alpha value is -3.33. The van der Waals surface area contributed by atoms with Crippen molar-refractivity contribution < 1.29 is 40.2 Å². The highest BCUT2D eigenvalue weighted by atomic mass is 32.2. The van der Waals surface area contributed by atoms with Crippen LogP contribution in [0.3, 0.4) is 0 Å². The second kappa shape index (κ2) is 10.1. The number of hydrogen-bond acceptors (Lipinski definition) is 6. The van der Waals surface area contributed by atoms with E-state index >= 15 is 0 Å². The van der Waals surface area contributed by atoms with Gasteiger partial charge in [0.05, 0.1) is 35.0 Å². The van der Waals surface area contributed by atoms with Gasteiger partial charge in [0.2, 0.25) is 5.60 Å². The number of hydrogen-bond donors (Lipinski definition) is 0. The number of nitrogens with zero attached hydrogens (tertiary/aromatic N) is 2. The van der Waals surface area contributed by atoms with Gasteiger partial charge in [-0.25, -0.2) is 12.8 Å². The van der Waals surface area contributed by atoms with Crippen LogP contribution in [0.2, 0.25) is 0 Å². The Balaban J connectivity index is 2.01. The number of ether oxygens (including phenoxy) is 2. The van der Waals surface area contributed by atoms with Crippen LogP contribution < -0.4 is 9.04 Å². The van der Waals surface area contributed by atoms with Crippen LogP contribution in [0.1, 0.15) is 45.2 Å². The number of carbonyl (C=O) groups excluding carboxylic acids is 1. The summed E-state index contributed by atoms with van der Waals surface area (Å²) in [5.74, 6) is -1.59. The molecule has 2 aromatic carbocycles. The summed E-state index contributed by atoms with van der Waals surface area (Å²) in [6.07, 6.45) is -5.85. The number of carbonyl (C=O) groups is 1. The first kappa shape index (κ1) is 29.2. The van der Waals surface area contributed by atoms with Crippen LogP contribution >= 0.6 is 0 Å². The highest BCUT2D eigenvalue weighted by Gasteiger charge is 2.50. The molecule has 0 aliphatic carbocycles. The van der Waals surface area contributed by atoms with Crippen LogP contribution in [0.5, 0.6) is 5.75 Å². The number of anilines is 1. The van der Waals surface area contributed by atoms with Crippen LogP contribution in [0.15, 0.2) is 41.3 Å². The summed E-state index contributed by atoms with van der Waals surface area (Å²) in [6, 6.07) is 9.67. The van der Waals surface area contributed by atoms with E-state index in [1.807, 2.05) is 0 Å². The number of aryl methyl sites for hydroxylation is 1. The second-order valence-electron chi connectivity index (χ2n) is 10.3. The van der Waals surface area contributed by atoms with Crippen LogP contribution in [0.25, 0.3) is 0 Å². The summed E-state index contributed by atoms with van der Waals surface area (Å²) in [6.45, 7) is 6.06. The summed E-state index contributed by atoms with van der Waals surface area (Å²) < 4.78 is 92.3. The Morgan fingerprint density at radius 3 is 2.39 bits per heavy atom. The van der Waals surface area contributed by atoms with Crippen molar-refractivity contribution in [2.75, 3.05) is 10.8 Å². The molecular formula is C26H28F4N2O5S. The smallest absolute Gasteiger partial charge is 0.427 e. The Bertz CT molecular complexity index is 1380. The zero-order valence-corrected chi connectivity index (χ0v) is 22.3. The summed E-state index contributed by atoms with van der Waals surface area (Å²) in [4.78, 5) is 12.1. The molecule has 0 spiro atoms. The molecule has 38 heavy (non-hydrogen) atoms. The predicted molar refractivity (Wildman–Crippen MR) is 130 cm³/mol. The van der Waals surface area contributed by atoms with E-state index in [0.717, 1.165) is 30.3 Å². The standard InChI is InChI=1S/C26H28F4N2O5S/c1-16-10-19(7-8-20(16)27)38(34,35)32-14-18(13-24(2,3)15-31)36-22-9-6-17(11-21(22)32)12-23(33)37-25(4,5)26(28,29)30/h6-11,18H,12-14H2,1-5H3/t18-/m0/s1. The van der Waals surface area contributed by atoms with Gasteiger partial charge in [0.25, 0.3) is 10.0 Å². The maximum Gasteiger partial charge on any atom is 0.427 e. The quantitative estimate of drug-likeness (QED) is 0.332. The van der Waals surface area contributed by atoms with Crippen LogP contribution in [0.4, 0.5) is 23.2 Å². The SMILES string of the molecule is Cc1cc(S(=O)(=O)N2C[C@H](CC(C)(C)C#N)Oc3ccc(CC(=O)OC(C)(C)C(F)(F)F)cc32)ccc1F. The normalized spacial score (nSPS) is 16.3. The third-order valence-electron chi connectivity index (χ3n) is 6.11. The Labute approximate surface area is 219 Å². The monoisotopic (exact) mass is 556 g/mol. The van der Waals surface area contributed by atoms with E-state index in [4.69, 9.17) is 4.74 Å². The Morgan fingerprint density at radius 2 is 1.82 bits per heavy atom. The summed E-state index contributed by atoms with van der Waals surface area (Å²) >= 11 is 0. The summed E-state index contributed by atoms with van der Waals surface area (Å²) in [5, 5.41) is 9.44. The van der Waals surface area contributed by atoms with Crippen molar-refractivity contribution in [3.05, 3.63) is 53.3 Å². The Kier molecular flexibility index (Phi) is 7.76. The number of esters is 1. The zero-order valence-electron chi connectivity index (χ0n) is 21.5. The molecule has 0 fully saturated rings. The highest BCUT2D eigenvalue weighted by Crippen LogP contribution is 2.40. The van der Waals surface area contributed by atoms with Gasteiger partial charge in [-0.15, -0.1) is 0 Å². The van der Waals surface area contributed by atoms with E-state index < -0.39 is 51.5 Å². The maximum atomic E-state index is 13.8. The number of halogens is 4. The van der Waals surface area contributed by atoms with Gasteiger partial charge in [-0.05, 0) is 76.1 Å². The van der Waals surface area contributed by atoms with E-state index in [1.165, 1.54) is 31.2 Å². The lowest BCUT2D eigenvalue weighted by atomic mass is 9.88. The fraction of sp³-hybridized carbons (Fsp3) is 0.462. The molecule has 0 saturated carbocycles. The molecule has 0 saturated heterocycles. The molecule has 0 aromatic heterocycles. The van der Waals surface area contributed by atoms with Crippen molar-refractivity contribution in [3.63, 3.8) is 0 Å². The van der Waals surface area contributed by atoms with Crippen LogP contribution in [-0.4, -0.2) is 38.8 Å². The molecule has 0 unspecified atom stereocenters. The van der Waals surface area contributed by atoms with Gasteiger partial charge in [-0.2, -0.15) is 18.4 Å². The van der Waals surface area contributed by atoms with E-state index in [0.29, 0.717) is 0 Å². The first-order valence-electron chi connectivity index (χ1n) is 11.6. The second-order valence-corrected chi connectivity index (χ2v) is 12.2. The molecule has 0 N–H and O–H groups in total. The number of nitriles is 1. The maximum absolute atomic E-state index is 13.8. The molecule has 1 aliphatic rings. The lowest BCUT2D eigenvalue weighted by molar-refractivity contribution is -0.257. The van der Waals surface area contributed by atoms with Crippen molar-refractivity contribution in [3.8, 4) is 11.8 Å². The number of rotatable bonds is 7. The molecule has 206 valence electrons.